The molecule has 0 spiro atoms. The summed E-state index contributed by atoms with van der Waals surface area (Å²) in [6.45, 7) is 3.26. The van der Waals surface area contributed by atoms with Crippen molar-refractivity contribution in [3.05, 3.63) is 106 Å². The quantitative estimate of drug-likeness (QED) is 0.215. The lowest BCUT2D eigenvalue weighted by atomic mass is 9.94. The minimum absolute atomic E-state index is 0.0320. The number of carbonyl (C=O) groups is 4. The number of amides is 2. The smallest absolute Gasteiger partial charge is 0.408 e. The van der Waals surface area contributed by atoms with E-state index in [1.165, 1.54) is 18.2 Å². The van der Waals surface area contributed by atoms with Crippen molar-refractivity contribution >= 4 is 47.0 Å². The van der Waals surface area contributed by atoms with Gasteiger partial charge in [-0.1, -0.05) is 104 Å². The van der Waals surface area contributed by atoms with Crippen LogP contribution in [0.25, 0.3) is 0 Å². The molecule has 0 aliphatic rings. The fourth-order valence-electron chi connectivity index (χ4n) is 4.11. The van der Waals surface area contributed by atoms with Crippen LogP contribution in [0.15, 0.2) is 78.9 Å². The number of hydrogen-bond acceptors (Lipinski definition) is 6. The van der Waals surface area contributed by atoms with Crippen molar-refractivity contribution in [1.82, 2.24) is 10.6 Å². The molecule has 8 nitrogen and oxygen atoms in total. The Morgan fingerprint density at radius 2 is 1.50 bits per heavy atom. The highest BCUT2D eigenvalue weighted by Gasteiger charge is 2.29. The maximum Gasteiger partial charge on any atom is 0.408 e. The standard InChI is InChI=1S/C32H34Cl2N2O6/c1-3-21(2)29(36-32(40)42-19-23-12-8-5-9-13-23)30(38)35-18-24(16-22-10-6-4-7-11-22)28(37)20-41-31(39)26-17-25(33)14-15-27(26)34/h4-15,17,21,24,29H,3,16,18-20H2,1-2H3,(H,35,38)(H,36,40)/t21-,24-,29-/m0/s1. The summed E-state index contributed by atoms with van der Waals surface area (Å²) in [6, 6.07) is 22.0. The molecule has 0 saturated carbocycles. The van der Waals surface area contributed by atoms with Gasteiger partial charge in [-0.05, 0) is 41.7 Å². The Labute approximate surface area is 255 Å². The van der Waals surface area contributed by atoms with Crippen molar-refractivity contribution in [1.29, 1.82) is 0 Å². The number of hydrogen-bond donors (Lipinski definition) is 2. The Kier molecular flexibility index (Phi) is 12.8. The molecule has 0 aliphatic carbocycles. The second kappa shape index (κ2) is 16.5. The van der Waals surface area contributed by atoms with E-state index in [1.807, 2.05) is 74.5 Å². The SMILES string of the molecule is CC[C@H](C)[C@H](NC(=O)OCc1ccccc1)C(=O)NC[C@H](Cc1ccccc1)C(=O)COC(=O)c1cc(Cl)ccc1Cl. The van der Waals surface area contributed by atoms with Crippen LogP contribution < -0.4 is 10.6 Å². The molecule has 0 heterocycles. The molecule has 0 saturated heterocycles. The van der Waals surface area contributed by atoms with Crippen molar-refractivity contribution in [2.75, 3.05) is 13.2 Å². The Morgan fingerprint density at radius 1 is 0.857 bits per heavy atom. The van der Waals surface area contributed by atoms with Gasteiger partial charge in [0.25, 0.3) is 0 Å². The van der Waals surface area contributed by atoms with Gasteiger partial charge in [0.2, 0.25) is 5.91 Å². The third-order valence-electron chi connectivity index (χ3n) is 6.78. The molecule has 10 heteroatoms. The average molecular weight is 614 g/mol. The van der Waals surface area contributed by atoms with Gasteiger partial charge in [-0.3, -0.25) is 9.59 Å². The molecule has 0 bridgehead atoms. The topological polar surface area (TPSA) is 111 Å². The van der Waals surface area contributed by atoms with Gasteiger partial charge in [0.15, 0.2) is 12.4 Å². The summed E-state index contributed by atoms with van der Waals surface area (Å²) in [7, 11) is 0. The summed E-state index contributed by atoms with van der Waals surface area (Å²) in [5, 5.41) is 5.91. The van der Waals surface area contributed by atoms with E-state index in [4.69, 9.17) is 32.7 Å². The third-order valence-corrected chi connectivity index (χ3v) is 7.34. The highest BCUT2D eigenvalue weighted by Crippen LogP contribution is 2.21. The zero-order valence-corrected chi connectivity index (χ0v) is 25.0. The Morgan fingerprint density at radius 3 is 2.14 bits per heavy atom. The van der Waals surface area contributed by atoms with Crippen LogP contribution in [0.4, 0.5) is 4.79 Å². The summed E-state index contributed by atoms with van der Waals surface area (Å²) in [6.07, 6.45) is 0.198. The van der Waals surface area contributed by atoms with E-state index in [0.29, 0.717) is 17.9 Å². The van der Waals surface area contributed by atoms with Gasteiger partial charge in [-0.15, -0.1) is 0 Å². The molecule has 2 N–H and O–H groups in total. The zero-order valence-electron chi connectivity index (χ0n) is 23.5. The van der Waals surface area contributed by atoms with Gasteiger partial charge >= 0.3 is 12.1 Å². The van der Waals surface area contributed by atoms with Crippen LogP contribution in [-0.4, -0.2) is 42.9 Å². The predicted octanol–water partition coefficient (Wildman–Crippen LogP) is 6.04. The predicted molar refractivity (Wildman–Crippen MR) is 161 cm³/mol. The molecule has 3 atom stereocenters. The number of rotatable bonds is 14. The minimum Gasteiger partial charge on any atom is -0.454 e. The first-order valence-electron chi connectivity index (χ1n) is 13.6. The van der Waals surface area contributed by atoms with Crippen molar-refractivity contribution < 1.29 is 28.7 Å². The first kappa shape index (κ1) is 32.6. The van der Waals surface area contributed by atoms with Crippen molar-refractivity contribution in [2.24, 2.45) is 11.8 Å². The number of esters is 1. The van der Waals surface area contributed by atoms with Crippen molar-refractivity contribution in [3.63, 3.8) is 0 Å². The Balaban J connectivity index is 1.64. The molecular weight excluding hydrogens is 579 g/mol. The molecule has 3 rings (SSSR count). The van der Waals surface area contributed by atoms with Gasteiger partial charge in [-0.2, -0.15) is 0 Å². The number of alkyl carbamates (subject to hydrolysis) is 1. The number of halogens is 2. The summed E-state index contributed by atoms with van der Waals surface area (Å²) in [5.41, 5.74) is 1.74. The second-order valence-corrected chi connectivity index (χ2v) is 10.7. The molecule has 0 aromatic heterocycles. The highest BCUT2D eigenvalue weighted by molar-refractivity contribution is 6.35. The Hall–Kier alpha value is -3.88. The third kappa shape index (κ3) is 10.2. The van der Waals surface area contributed by atoms with Crippen LogP contribution in [0.1, 0.15) is 41.8 Å². The van der Waals surface area contributed by atoms with Crippen molar-refractivity contribution in [3.8, 4) is 0 Å². The van der Waals surface area contributed by atoms with E-state index in [-0.39, 0.29) is 35.4 Å². The lowest BCUT2D eigenvalue weighted by Crippen LogP contribution is -2.51. The van der Waals surface area contributed by atoms with Crippen molar-refractivity contribution in [2.45, 2.75) is 39.3 Å². The molecule has 0 fully saturated rings. The molecule has 0 aliphatic heterocycles. The van der Waals surface area contributed by atoms with E-state index < -0.39 is 36.5 Å². The normalized spacial score (nSPS) is 12.9. The maximum atomic E-state index is 13.2. The number of carbonyl (C=O) groups excluding carboxylic acids is 4. The summed E-state index contributed by atoms with van der Waals surface area (Å²) in [4.78, 5) is 51.6. The number of Topliss-reactive ketones (excluding diaryl/α,β-unsaturated/α-hetero) is 1. The van der Waals surface area contributed by atoms with Crippen LogP contribution in [-0.2, 0) is 32.1 Å². The van der Waals surface area contributed by atoms with Gasteiger partial charge < -0.3 is 20.1 Å². The first-order valence-corrected chi connectivity index (χ1v) is 14.4. The van der Waals surface area contributed by atoms with Crippen LogP contribution >= 0.6 is 23.2 Å². The molecule has 0 unspecified atom stereocenters. The number of benzene rings is 3. The van der Waals surface area contributed by atoms with Crippen LogP contribution in [0, 0.1) is 11.8 Å². The van der Waals surface area contributed by atoms with Crippen LogP contribution in [0.2, 0.25) is 10.0 Å². The lowest BCUT2D eigenvalue weighted by molar-refractivity contribution is -0.127. The van der Waals surface area contributed by atoms with Gasteiger partial charge in [0.05, 0.1) is 10.6 Å². The first-order chi connectivity index (χ1) is 20.2. The lowest BCUT2D eigenvalue weighted by Gasteiger charge is -2.24. The molecule has 2 amide bonds. The van der Waals surface area contributed by atoms with E-state index in [1.54, 1.807) is 0 Å². The summed E-state index contributed by atoms with van der Waals surface area (Å²) < 4.78 is 10.6. The Bertz CT molecular complexity index is 1350. The van der Waals surface area contributed by atoms with E-state index >= 15 is 0 Å². The fraction of sp³-hybridized carbons (Fsp3) is 0.312. The fourth-order valence-corrected chi connectivity index (χ4v) is 4.48. The average Bonchev–Trinajstić information content (AvgIpc) is 3.01. The molecule has 0 radical (unpaired) electrons. The maximum absolute atomic E-state index is 13.2. The number of ether oxygens (including phenoxy) is 2. The van der Waals surface area contributed by atoms with Gasteiger partial charge in [0.1, 0.15) is 12.6 Å². The molecule has 3 aromatic carbocycles. The minimum atomic E-state index is -0.881. The van der Waals surface area contributed by atoms with Crippen LogP contribution in [0.5, 0.6) is 0 Å². The molecule has 222 valence electrons. The number of nitrogens with one attached hydrogen (secondary N) is 2. The largest absolute Gasteiger partial charge is 0.454 e. The van der Waals surface area contributed by atoms with Crippen LogP contribution in [0.3, 0.4) is 0 Å². The van der Waals surface area contributed by atoms with Gasteiger partial charge in [0, 0.05) is 17.5 Å². The van der Waals surface area contributed by atoms with E-state index in [2.05, 4.69) is 10.6 Å². The zero-order chi connectivity index (χ0) is 30.5. The number of ketones is 1. The second-order valence-electron chi connectivity index (χ2n) is 9.87. The molecular formula is C32H34Cl2N2O6. The van der Waals surface area contributed by atoms with E-state index in [0.717, 1.165) is 11.1 Å². The molecule has 3 aromatic rings. The van der Waals surface area contributed by atoms with E-state index in [9.17, 15) is 19.2 Å². The van der Waals surface area contributed by atoms with Gasteiger partial charge in [-0.25, -0.2) is 9.59 Å². The summed E-state index contributed by atoms with van der Waals surface area (Å²) >= 11 is 12.0. The summed E-state index contributed by atoms with van der Waals surface area (Å²) in [5.74, 6) is -2.54. The highest BCUT2D eigenvalue weighted by atomic mass is 35.5. The monoisotopic (exact) mass is 612 g/mol. The molecule has 42 heavy (non-hydrogen) atoms.